The molecule has 0 spiro atoms. The standard InChI is InChI=1S/C22H24Cl2O/c1-13(2)17-7-8-18(16-5-9-21(23)22(24)12-16)19-6-4-15(10-14(3)25)11-20(17)19/h4-6,9,11-13,17-18H,7-8,10H2,1-3H3. The lowest BCUT2D eigenvalue weighted by Crippen LogP contribution is -2.19. The van der Waals surface area contributed by atoms with Gasteiger partial charge < -0.3 is 0 Å². The second-order valence-electron chi connectivity index (χ2n) is 7.50. The summed E-state index contributed by atoms with van der Waals surface area (Å²) in [6.45, 7) is 6.22. The van der Waals surface area contributed by atoms with Crippen molar-refractivity contribution in [1.29, 1.82) is 0 Å². The zero-order valence-corrected chi connectivity index (χ0v) is 16.5. The molecular weight excluding hydrogens is 351 g/mol. The van der Waals surface area contributed by atoms with Gasteiger partial charge in [-0.1, -0.05) is 61.3 Å². The molecule has 0 fully saturated rings. The summed E-state index contributed by atoms with van der Waals surface area (Å²) in [5.41, 5.74) is 5.11. The normalized spacial score (nSPS) is 19.8. The summed E-state index contributed by atoms with van der Waals surface area (Å²) < 4.78 is 0. The molecule has 0 saturated heterocycles. The van der Waals surface area contributed by atoms with E-state index in [-0.39, 0.29) is 5.78 Å². The Bertz CT molecular complexity index is 795. The molecule has 3 rings (SSSR count). The Morgan fingerprint density at radius 3 is 2.44 bits per heavy atom. The molecule has 0 saturated carbocycles. The first-order valence-electron chi connectivity index (χ1n) is 8.94. The molecule has 0 aromatic heterocycles. The third kappa shape index (κ3) is 3.93. The largest absolute Gasteiger partial charge is 0.300 e. The molecule has 3 heteroatoms. The van der Waals surface area contributed by atoms with Crippen molar-refractivity contribution in [3.63, 3.8) is 0 Å². The van der Waals surface area contributed by atoms with Crippen molar-refractivity contribution >= 4 is 29.0 Å². The number of hydrogen-bond acceptors (Lipinski definition) is 1. The number of carbonyl (C=O) groups is 1. The summed E-state index contributed by atoms with van der Waals surface area (Å²) >= 11 is 12.3. The van der Waals surface area contributed by atoms with Crippen LogP contribution in [0.25, 0.3) is 0 Å². The van der Waals surface area contributed by atoms with Gasteiger partial charge in [0.1, 0.15) is 5.78 Å². The average molecular weight is 375 g/mol. The zero-order valence-electron chi connectivity index (χ0n) is 15.0. The monoisotopic (exact) mass is 374 g/mol. The van der Waals surface area contributed by atoms with Crippen LogP contribution in [0, 0.1) is 5.92 Å². The number of halogens is 2. The van der Waals surface area contributed by atoms with Crippen LogP contribution in [-0.4, -0.2) is 5.78 Å². The fourth-order valence-corrected chi connectivity index (χ4v) is 4.39. The Labute approximate surface area is 160 Å². The molecule has 2 aromatic rings. The second-order valence-corrected chi connectivity index (χ2v) is 8.31. The molecule has 0 heterocycles. The molecule has 0 radical (unpaired) electrons. The Balaban J connectivity index is 2.06. The third-order valence-electron chi connectivity index (χ3n) is 5.30. The lowest BCUT2D eigenvalue weighted by molar-refractivity contribution is -0.116. The van der Waals surface area contributed by atoms with E-state index in [1.165, 1.54) is 16.7 Å². The van der Waals surface area contributed by atoms with Crippen LogP contribution in [0.15, 0.2) is 36.4 Å². The van der Waals surface area contributed by atoms with Gasteiger partial charge in [-0.05, 0) is 66.0 Å². The third-order valence-corrected chi connectivity index (χ3v) is 6.04. The van der Waals surface area contributed by atoms with Crippen molar-refractivity contribution in [2.45, 2.75) is 51.9 Å². The van der Waals surface area contributed by atoms with E-state index in [2.05, 4.69) is 38.1 Å². The van der Waals surface area contributed by atoms with Crippen molar-refractivity contribution in [3.05, 3.63) is 68.7 Å². The van der Waals surface area contributed by atoms with Crippen LogP contribution in [0.1, 0.15) is 67.7 Å². The van der Waals surface area contributed by atoms with Gasteiger partial charge in [0, 0.05) is 12.3 Å². The maximum atomic E-state index is 11.5. The Kier molecular flexibility index (Phi) is 5.55. The van der Waals surface area contributed by atoms with Gasteiger partial charge in [0.15, 0.2) is 0 Å². The van der Waals surface area contributed by atoms with Gasteiger partial charge in [0.05, 0.1) is 10.0 Å². The van der Waals surface area contributed by atoms with E-state index in [9.17, 15) is 4.79 Å². The molecule has 1 aliphatic rings. The van der Waals surface area contributed by atoms with Gasteiger partial charge in [-0.25, -0.2) is 0 Å². The number of fused-ring (bicyclic) bond motifs is 1. The number of rotatable bonds is 4. The molecule has 0 aliphatic heterocycles. The lowest BCUT2D eigenvalue weighted by Gasteiger charge is -2.34. The first-order valence-corrected chi connectivity index (χ1v) is 9.69. The molecular formula is C22H24Cl2O. The Morgan fingerprint density at radius 1 is 1.04 bits per heavy atom. The maximum Gasteiger partial charge on any atom is 0.134 e. The van der Waals surface area contributed by atoms with E-state index in [1.54, 1.807) is 6.92 Å². The van der Waals surface area contributed by atoms with E-state index in [0.29, 0.717) is 34.2 Å². The lowest BCUT2D eigenvalue weighted by atomic mass is 9.70. The van der Waals surface area contributed by atoms with E-state index in [4.69, 9.17) is 23.2 Å². The van der Waals surface area contributed by atoms with Gasteiger partial charge in [0.2, 0.25) is 0 Å². The van der Waals surface area contributed by atoms with Crippen LogP contribution >= 0.6 is 23.2 Å². The number of ketones is 1. The molecule has 0 N–H and O–H groups in total. The van der Waals surface area contributed by atoms with Crippen LogP contribution in [0.4, 0.5) is 0 Å². The van der Waals surface area contributed by atoms with Gasteiger partial charge in [0.25, 0.3) is 0 Å². The van der Waals surface area contributed by atoms with Gasteiger partial charge >= 0.3 is 0 Å². The topological polar surface area (TPSA) is 17.1 Å². The van der Waals surface area contributed by atoms with Crippen LogP contribution < -0.4 is 0 Å². The van der Waals surface area contributed by atoms with E-state index in [0.717, 1.165) is 18.4 Å². The SMILES string of the molecule is CC(=O)Cc1ccc2c(c1)C(C(C)C)CCC2c1ccc(Cl)c(Cl)c1. The zero-order chi connectivity index (χ0) is 18.1. The first-order chi connectivity index (χ1) is 11.9. The number of carbonyl (C=O) groups excluding carboxylic acids is 1. The molecule has 1 aliphatic carbocycles. The first kappa shape index (κ1) is 18.5. The van der Waals surface area contributed by atoms with Crippen LogP contribution in [0.3, 0.4) is 0 Å². The van der Waals surface area contributed by atoms with Crippen molar-refractivity contribution in [2.75, 3.05) is 0 Å². The minimum absolute atomic E-state index is 0.206. The molecule has 2 aromatic carbocycles. The highest BCUT2D eigenvalue weighted by atomic mass is 35.5. The van der Waals surface area contributed by atoms with E-state index >= 15 is 0 Å². The molecule has 132 valence electrons. The van der Waals surface area contributed by atoms with Crippen molar-refractivity contribution in [2.24, 2.45) is 5.92 Å². The minimum atomic E-state index is 0.206. The fourth-order valence-electron chi connectivity index (χ4n) is 4.09. The number of hydrogen-bond donors (Lipinski definition) is 0. The van der Waals surface area contributed by atoms with Crippen LogP contribution in [0.5, 0.6) is 0 Å². The van der Waals surface area contributed by atoms with Gasteiger partial charge in [-0.3, -0.25) is 4.79 Å². The predicted octanol–water partition coefficient (Wildman–Crippen LogP) is 6.79. The van der Waals surface area contributed by atoms with E-state index in [1.807, 2.05) is 12.1 Å². The Morgan fingerprint density at radius 2 is 1.80 bits per heavy atom. The summed E-state index contributed by atoms with van der Waals surface area (Å²) in [5.74, 6) is 1.67. The van der Waals surface area contributed by atoms with Gasteiger partial charge in [-0.15, -0.1) is 0 Å². The molecule has 25 heavy (non-hydrogen) atoms. The quantitative estimate of drug-likeness (QED) is 0.575. The summed E-state index contributed by atoms with van der Waals surface area (Å²) in [5, 5.41) is 1.21. The molecule has 0 bridgehead atoms. The summed E-state index contributed by atoms with van der Waals surface area (Å²) in [4.78, 5) is 11.5. The minimum Gasteiger partial charge on any atom is -0.300 e. The summed E-state index contributed by atoms with van der Waals surface area (Å²) in [7, 11) is 0. The molecule has 2 atom stereocenters. The second kappa shape index (κ2) is 7.51. The maximum absolute atomic E-state index is 11.5. The highest BCUT2D eigenvalue weighted by molar-refractivity contribution is 6.42. The average Bonchev–Trinajstić information content (AvgIpc) is 2.55. The highest BCUT2D eigenvalue weighted by Crippen LogP contribution is 2.46. The smallest absolute Gasteiger partial charge is 0.134 e. The molecule has 0 amide bonds. The summed E-state index contributed by atoms with van der Waals surface area (Å²) in [6.07, 6.45) is 2.77. The van der Waals surface area contributed by atoms with Crippen molar-refractivity contribution < 1.29 is 4.79 Å². The molecule has 2 unspecified atom stereocenters. The van der Waals surface area contributed by atoms with Crippen LogP contribution in [0.2, 0.25) is 10.0 Å². The highest BCUT2D eigenvalue weighted by Gasteiger charge is 2.30. The number of Topliss-reactive ketones (excluding diaryl/α,β-unsaturated/α-hetero) is 1. The van der Waals surface area contributed by atoms with E-state index < -0.39 is 0 Å². The molecule has 1 nitrogen and oxygen atoms in total. The number of benzene rings is 2. The van der Waals surface area contributed by atoms with Gasteiger partial charge in [-0.2, -0.15) is 0 Å². The van der Waals surface area contributed by atoms with Crippen molar-refractivity contribution in [1.82, 2.24) is 0 Å². The Hall–Kier alpha value is -1.31. The summed E-state index contributed by atoms with van der Waals surface area (Å²) in [6, 6.07) is 12.5. The predicted molar refractivity (Wildman–Crippen MR) is 106 cm³/mol. The fraction of sp³-hybridized carbons (Fsp3) is 0.409. The van der Waals surface area contributed by atoms with Crippen LogP contribution in [-0.2, 0) is 11.2 Å². The van der Waals surface area contributed by atoms with Crippen molar-refractivity contribution in [3.8, 4) is 0 Å².